The molecule has 0 atom stereocenters. The van der Waals surface area contributed by atoms with Crippen LogP contribution in [0.15, 0.2) is 78.2 Å². The molecule has 3 aromatic carbocycles. The van der Waals surface area contributed by atoms with Gasteiger partial charge < -0.3 is 19.5 Å². The fraction of sp³-hybridized carbons (Fsp3) is 0.0870. The van der Waals surface area contributed by atoms with Gasteiger partial charge in [-0.25, -0.2) is 4.98 Å². The smallest absolute Gasteiger partial charge is 0.187 e. The minimum Gasteiger partial charge on any atom is -0.486 e. The summed E-state index contributed by atoms with van der Waals surface area (Å²) in [6.07, 6.45) is 0. The number of nitrogens with zero attached hydrogens (tertiary/aromatic N) is 1. The molecule has 1 aromatic heterocycles. The van der Waals surface area contributed by atoms with Gasteiger partial charge in [0.1, 0.15) is 24.7 Å². The minimum atomic E-state index is 0.574. The second-order valence-electron chi connectivity index (χ2n) is 6.46. The van der Waals surface area contributed by atoms with Crippen LogP contribution in [0.4, 0.5) is 10.8 Å². The quantitative estimate of drug-likeness (QED) is 0.436. The van der Waals surface area contributed by atoms with E-state index in [1.54, 1.807) is 11.3 Å². The highest BCUT2D eigenvalue weighted by atomic mass is 32.1. The number of para-hydroxylation sites is 1. The van der Waals surface area contributed by atoms with Crippen molar-refractivity contribution < 1.29 is 14.2 Å². The van der Waals surface area contributed by atoms with Crippen molar-refractivity contribution in [1.29, 1.82) is 0 Å². The van der Waals surface area contributed by atoms with E-state index >= 15 is 0 Å². The first-order chi connectivity index (χ1) is 14.3. The second kappa shape index (κ2) is 7.85. The summed E-state index contributed by atoms with van der Waals surface area (Å²) in [4.78, 5) is 4.69. The van der Waals surface area contributed by atoms with E-state index < -0.39 is 0 Å². The predicted molar refractivity (Wildman–Crippen MR) is 115 cm³/mol. The minimum absolute atomic E-state index is 0.574. The van der Waals surface area contributed by atoms with E-state index in [0.29, 0.717) is 13.2 Å². The molecule has 5 nitrogen and oxygen atoms in total. The monoisotopic (exact) mass is 402 g/mol. The van der Waals surface area contributed by atoms with Crippen LogP contribution in [0.25, 0.3) is 11.3 Å². The Morgan fingerprint density at radius 1 is 0.828 bits per heavy atom. The normalized spacial score (nSPS) is 12.4. The maximum absolute atomic E-state index is 5.83. The van der Waals surface area contributed by atoms with Crippen molar-refractivity contribution in [2.75, 3.05) is 18.5 Å². The first-order valence-corrected chi connectivity index (χ1v) is 10.2. The van der Waals surface area contributed by atoms with E-state index in [-0.39, 0.29) is 0 Å². The average molecular weight is 402 g/mol. The Labute approximate surface area is 172 Å². The van der Waals surface area contributed by atoms with Gasteiger partial charge in [0.2, 0.25) is 0 Å². The van der Waals surface area contributed by atoms with Crippen molar-refractivity contribution in [2.24, 2.45) is 0 Å². The molecule has 5 rings (SSSR count). The van der Waals surface area contributed by atoms with E-state index in [0.717, 1.165) is 45.1 Å². The van der Waals surface area contributed by atoms with Crippen molar-refractivity contribution in [3.05, 3.63) is 78.2 Å². The van der Waals surface area contributed by atoms with Gasteiger partial charge in [-0.3, -0.25) is 0 Å². The zero-order valence-electron chi connectivity index (χ0n) is 15.5. The Bertz CT molecular complexity index is 1110. The molecule has 6 heteroatoms. The molecule has 0 aliphatic carbocycles. The van der Waals surface area contributed by atoms with Crippen molar-refractivity contribution in [3.8, 4) is 34.3 Å². The molecule has 0 spiro atoms. The van der Waals surface area contributed by atoms with Crippen LogP contribution in [0, 0.1) is 0 Å². The van der Waals surface area contributed by atoms with Crippen LogP contribution in [-0.2, 0) is 0 Å². The number of rotatable bonds is 5. The topological polar surface area (TPSA) is 52.6 Å². The van der Waals surface area contributed by atoms with Crippen molar-refractivity contribution >= 4 is 22.2 Å². The molecule has 0 amide bonds. The van der Waals surface area contributed by atoms with Gasteiger partial charge in [0.05, 0.1) is 5.69 Å². The average Bonchev–Trinajstić information content (AvgIpc) is 3.24. The van der Waals surface area contributed by atoms with Crippen molar-refractivity contribution in [1.82, 2.24) is 4.98 Å². The molecule has 0 unspecified atom stereocenters. The third-order valence-electron chi connectivity index (χ3n) is 4.43. The number of fused-ring (bicyclic) bond motifs is 1. The SMILES string of the molecule is c1ccc(Oc2ccc(Nc3nc(-c4ccc5c(c4)OCCO5)cs3)cc2)cc1. The Morgan fingerprint density at radius 3 is 2.41 bits per heavy atom. The molecule has 29 heavy (non-hydrogen) atoms. The number of ether oxygens (including phenoxy) is 3. The van der Waals surface area contributed by atoms with Gasteiger partial charge >= 0.3 is 0 Å². The molecule has 1 N–H and O–H groups in total. The second-order valence-corrected chi connectivity index (χ2v) is 7.32. The highest BCUT2D eigenvalue weighted by Gasteiger charge is 2.14. The van der Waals surface area contributed by atoms with Crippen molar-refractivity contribution in [3.63, 3.8) is 0 Å². The summed E-state index contributed by atoms with van der Waals surface area (Å²) >= 11 is 1.56. The van der Waals surface area contributed by atoms with Crippen LogP contribution in [0.3, 0.4) is 0 Å². The maximum atomic E-state index is 5.83. The summed E-state index contributed by atoms with van der Waals surface area (Å²) in [5.41, 5.74) is 2.86. The zero-order valence-corrected chi connectivity index (χ0v) is 16.3. The van der Waals surface area contributed by atoms with Crippen molar-refractivity contribution in [2.45, 2.75) is 0 Å². The lowest BCUT2D eigenvalue weighted by Crippen LogP contribution is -2.15. The zero-order chi connectivity index (χ0) is 19.5. The Hall–Kier alpha value is -3.51. The molecule has 2 heterocycles. The van der Waals surface area contributed by atoms with Gasteiger partial charge in [-0.15, -0.1) is 11.3 Å². The maximum Gasteiger partial charge on any atom is 0.187 e. The highest BCUT2D eigenvalue weighted by Crippen LogP contribution is 2.36. The molecular weight excluding hydrogens is 384 g/mol. The standard InChI is InChI=1S/C23H18N2O3S/c1-2-4-18(5-3-1)28-19-9-7-17(8-10-19)24-23-25-20(15-29-23)16-6-11-21-22(14-16)27-13-12-26-21/h1-11,14-15H,12-13H2,(H,24,25). The molecule has 4 aromatic rings. The highest BCUT2D eigenvalue weighted by molar-refractivity contribution is 7.14. The lowest BCUT2D eigenvalue weighted by atomic mass is 10.1. The van der Waals surface area contributed by atoms with Crippen LogP contribution >= 0.6 is 11.3 Å². The molecule has 1 aliphatic rings. The van der Waals surface area contributed by atoms with E-state index in [1.807, 2.05) is 78.2 Å². The van der Waals surface area contributed by atoms with E-state index in [4.69, 9.17) is 19.2 Å². The number of aromatic nitrogens is 1. The molecule has 0 saturated heterocycles. The fourth-order valence-corrected chi connectivity index (χ4v) is 3.76. The molecule has 0 bridgehead atoms. The van der Waals surface area contributed by atoms with Crippen LogP contribution in [-0.4, -0.2) is 18.2 Å². The predicted octanol–water partition coefficient (Wildman–Crippen LogP) is 6.12. The first kappa shape index (κ1) is 17.6. The fourth-order valence-electron chi connectivity index (χ4n) is 3.02. The van der Waals surface area contributed by atoms with Crippen LogP contribution < -0.4 is 19.5 Å². The van der Waals surface area contributed by atoms with E-state index in [1.165, 1.54) is 0 Å². The molecular formula is C23H18N2O3S. The third kappa shape index (κ3) is 4.02. The number of thiazole rings is 1. The molecule has 0 radical (unpaired) electrons. The first-order valence-electron chi connectivity index (χ1n) is 9.29. The van der Waals surface area contributed by atoms with Gasteiger partial charge in [0.25, 0.3) is 0 Å². The molecule has 0 fully saturated rings. The summed E-state index contributed by atoms with van der Waals surface area (Å²) < 4.78 is 17.1. The Morgan fingerprint density at radius 2 is 1.59 bits per heavy atom. The van der Waals surface area contributed by atoms with E-state index in [9.17, 15) is 0 Å². The van der Waals surface area contributed by atoms with Gasteiger partial charge in [-0.05, 0) is 54.6 Å². The number of hydrogen-bond donors (Lipinski definition) is 1. The Kier molecular flexibility index (Phi) is 4.76. The summed E-state index contributed by atoms with van der Waals surface area (Å²) in [6, 6.07) is 23.5. The van der Waals surface area contributed by atoms with Gasteiger partial charge in [0.15, 0.2) is 16.6 Å². The van der Waals surface area contributed by atoms with Crippen LogP contribution in [0.5, 0.6) is 23.0 Å². The third-order valence-corrected chi connectivity index (χ3v) is 5.18. The molecule has 1 aliphatic heterocycles. The number of benzene rings is 3. The molecule has 0 saturated carbocycles. The number of nitrogens with one attached hydrogen (secondary N) is 1. The van der Waals surface area contributed by atoms with Gasteiger partial charge in [0, 0.05) is 16.6 Å². The summed E-state index contributed by atoms with van der Waals surface area (Å²) in [7, 11) is 0. The summed E-state index contributed by atoms with van der Waals surface area (Å²) in [5.74, 6) is 3.16. The number of anilines is 2. The van der Waals surface area contributed by atoms with Crippen LogP contribution in [0.2, 0.25) is 0 Å². The Balaban J connectivity index is 1.28. The van der Waals surface area contributed by atoms with E-state index in [2.05, 4.69) is 5.32 Å². The summed E-state index contributed by atoms with van der Waals surface area (Å²) in [6.45, 7) is 1.16. The molecule has 144 valence electrons. The van der Waals surface area contributed by atoms with Gasteiger partial charge in [-0.1, -0.05) is 18.2 Å². The van der Waals surface area contributed by atoms with Gasteiger partial charge in [-0.2, -0.15) is 0 Å². The van der Waals surface area contributed by atoms with Crippen LogP contribution in [0.1, 0.15) is 0 Å². The largest absolute Gasteiger partial charge is 0.486 e. The number of hydrogen-bond acceptors (Lipinski definition) is 6. The lowest BCUT2D eigenvalue weighted by Gasteiger charge is -2.18. The summed E-state index contributed by atoms with van der Waals surface area (Å²) in [5, 5.41) is 6.20. The lowest BCUT2D eigenvalue weighted by molar-refractivity contribution is 0.171.